The van der Waals surface area contributed by atoms with Gasteiger partial charge in [-0.05, 0) is 6.92 Å². The van der Waals surface area contributed by atoms with Crippen LogP contribution >= 0.6 is 0 Å². The van der Waals surface area contributed by atoms with Crippen LogP contribution in [-0.4, -0.2) is 28.6 Å². The molecule has 1 unspecified atom stereocenters. The van der Waals surface area contributed by atoms with E-state index in [1.807, 2.05) is 6.92 Å². The Morgan fingerprint density at radius 1 is 1.67 bits per heavy atom. The Hall–Kier alpha value is -1.85. The van der Waals surface area contributed by atoms with E-state index < -0.39 is 0 Å². The van der Waals surface area contributed by atoms with E-state index >= 15 is 0 Å². The summed E-state index contributed by atoms with van der Waals surface area (Å²) in [6, 6.07) is 1.74. The molecule has 1 saturated heterocycles. The van der Waals surface area contributed by atoms with Crippen LogP contribution in [-0.2, 0) is 9.59 Å². The van der Waals surface area contributed by atoms with Crippen molar-refractivity contribution in [3.63, 3.8) is 0 Å². The first kappa shape index (κ1) is 9.70. The third-order valence-electron chi connectivity index (χ3n) is 2.31. The zero-order valence-corrected chi connectivity index (χ0v) is 8.33. The molecule has 0 aromatic carbocycles. The Morgan fingerprint density at radius 3 is 3.00 bits per heavy atom. The molecule has 15 heavy (non-hydrogen) atoms. The fourth-order valence-corrected chi connectivity index (χ4v) is 1.50. The highest BCUT2D eigenvalue weighted by atomic mass is 16.2. The summed E-state index contributed by atoms with van der Waals surface area (Å²) in [7, 11) is 0. The fourth-order valence-electron chi connectivity index (χ4n) is 1.50. The van der Waals surface area contributed by atoms with Crippen molar-refractivity contribution in [3.8, 4) is 0 Å². The highest BCUT2D eigenvalue weighted by Gasteiger charge is 2.28. The van der Waals surface area contributed by atoms with E-state index in [0.29, 0.717) is 12.4 Å². The summed E-state index contributed by atoms with van der Waals surface area (Å²) >= 11 is 0. The van der Waals surface area contributed by atoms with Gasteiger partial charge in [0.2, 0.25) is 11.8 Å². The van der Waals surface area contributed by atoms with Gasteiger partial charge in [0.25, 0.3) is 0 Å². The molecule has 0 aliphatic carbocycles. The molecular weight excluding hydrogens is 196 g/mol. The number of carbonyl (C=O) groups is 2. The van der Waals surface area contributed by atoms with E-state index in [-0.39, 0.29) is 24.2 Å². The third-order valence-corrected chi connectivity index (χ3v) is 2.31. The average Bonchev–Trinajstić information content (AvgIpc) is 2.75. The second-order valence-corrected chi connectivity index (χ2v) is 3.63. The Labute approximate surface area is 86.4 Å². The van der Waals surface area contributed by atoms with Gasteiger partial charge in [-0.1, -0.05) is 0 Å². The first-order valence-corrected chi connectivity index (χ1v) is 4.75. The summed E-state index contributed by atoms with van der Waals surface area (Å²) in [5.74, 6) is -0.0282. The van der Waals surface area contributed by atoms with E-state index in [4.69, 9.17) is 0 Å². The van der Waals surface area contributed by atoms with Crippen molar-refractivity contribution in [2.75, 3.05) is 11.9 Å². The van der Waals surface area contributed by atoms with Crippen LogP contribution < -0.4 is 10.6 Å². The lowest BCUT2D eigenvalue weighted by Crippen LogP contribution is -2.24. The molecule has 1 aromatic rings. The normalized spacial score (nSPS) is 20.1. The maximum absolute atomic E-state index is 11.6. The largest absolute Gasteiger partial charge is 0.355 e. The van der Waals surface area contributed by atoms with Gasteiger partial charge in [0.1, 0.15) is 0 Å². The average molecular weight is 208 g/mol. The molecule has 2 rings (SSSR count). The minimum atomic E-state index is -0.283. The van der Waals surface area contributed by atoms with Crippen LogP contribution in [0.3, 0.4) is 0 Å². The van der Waals surface area contributed by atoms with Gasteiger partial charge >= 0.3 is 0 Å². The van der Waals surface area contributed by atoms with Crippen molar-refractivity contribution in [3.05, 3.63) is 11.8 Å². The molecule has 0 spiro atoms. The number of aryl methyl sites for hydroxylation is 1. The summed E-state index contributed by atoms with van der Waals surface area (Å²) in [6.07, 6.45) is 0.259. The van der Waals surface area contributed by atoms with Gasteiger partial charge < -0.3 is 10.6 Å². The van der Waals surface area contributed by atoms with Crippen LogP contribution in [0.2, 0.25) is 0 Å². The number of nitrogens with one attached hydrogen (secondary N) is 3. The lowest BCUT2D eigenvalue weighted by atomic mass is 10.1. The van der Waals surface area contributed by atoms with Gasteiger partial charge in [-0.25, -0.2) is 0 Å². The van der Waals surface area contributed by atoms with Crippen molar-refractivity contribution in [1.29, 1.82) is 0 Å². The van der Waals surface area contributed by atoms with Crippen molar-refractivity contribution >= 4 is 17.6 Å². The summed E-state index contributed by atoms with van der Waals surface area (Å²) in [5.41, 5.74) is 0.880. The SMILES string of the molecule is Cc1cc(NC(=O)C2CNC(=O)C2)n[nH]1. The summed E-state index contributed by atoms with van der Waals surface area (Å²) < 4.78 is 0. The van der Waals surface area contributed by atoms with Crippen molar-refractivity contribution in [2.45, 2.75) is 13.3 Å². The predicted octanol–water partition coefficient (Wildman–Crippen LogP) is -0.207. The lowest BCUT2D eigenvalue weighted by Gasteiger charge is -2.05. The number of amides is 2. The molecule has 1 fully saturated rings. The minimum Gasteiger partial charge on any atom is -0.355 e. The minimum absolute atomic E-state index is 0.0756. The number of aromatic nitrogens is 2. The Kier molecular flexibility index (Phi) is 2.40. The first-order valence-electron chi connectivity index (χ1n) is 4.75. The molecule has 0 bridgehead atoms. The third kappa shape index (κ3) is 2.15. The van der Waals surface area contributed by atoms with Crippen molar-refractivity contribution < 1.29 is 9.59 Å². The molecule has 1 aromatic heterocycles. The van der Waals surface area contributed by atoms with Gasteiger partial charge in [0.05, 0.1) is 5.92 Å². The summed E-state index contributed by atoms with van der Waals surface area (Å²) in [5, 5.41) is 11.9. The molecule has 2 heterocycles. The van der Waals surface area contributed by atoms with Crippen LogP contribution in [0.4, 0.5) is 5.82 Å². The molecule has 2 amide bonds. The van der Waals surface area contributed by atoms with Gasteiger partial charge in [-0.3, -0.25) is 14.7 Å². The number of carbonyl (C=O) groups excluding carboxylic acids is 2. The number of H-pyrrole nitrogens is 1. The molecule has 1 aliphatic rings. The van der Waals surface area contributed by atoms with Crippen molar-refractivity contribution in [2.24, 2.45) is 5.92 Å². The molecular formula is C9H12N4O2. The zero-order chi connectivity index (χ0) is 10.8. The second kappa shape index (κ2) is 3.72. The molecule has 0 saturated carbocycles. The van der Waals surface area contributed by atoms with Crippen LogP contribution in [0.1, 0.15) is 12.1 Å². The van der Waals surface area contributed by atoms with Gasteiger partial charge in [-0.2, -0.15) is 5.10 Å². The maximum Gasteiger partial charge on any atom is 0.230 e. The highest BCUT2D eigenvalue weighted by Crippen LogP contribution is 2.12. The number of hydrogen-bond acceptors (Lipinski definition) is 3. The number of nitrogens with zero attached hydrogens (tertiary/aromatic N) is 1. The van der Waals surface area contributed by atoms with E-state index in [9.17, 15) is 9.59 Å². The smallest absolute Gasteiger partial charge is 0.230 e. The number of hydrogen-bond donors (Lipinski definition) is 3. The van der Waals surface area contributed by atoms with E-state index in [1.54, 1.807) is 6.07 Å². The standard InChI is InChI=1S/C9H12N4O2/c1-5-2-7(13-12-5)11-9(15)6-3-8(14)10-4-6/h2,6H,3-4H2,1H3,(H,10,14)(H2,11,12,13,15). The van der Waals surface area contributed by atoms with Gasteiger partial charge in [0.15, 0.2) is 5.82 Å². The van der Waals surface area contributed by atoms with Crippen LogP contribution in [0.5, 0.6) is 0 Å². The van der Waals surface area contributed by atoms with Crippen LogP contribution in [0.25, 0.3) is 0 Å². The molecule has 1 atom stereocenters. The number of aromatic amines is 1. The summed E-state index contributed by atoms with van der Waals surface area (Å²) in [4.78, 5) is 22.5. The van der Waals surface area contributed by atoms with Gasteiger partial charge in [-0.15, -0.1) is 0 Å². The maximum atomic E-state index is 11.6. The van der Waals surface area contributed by atoms with E-state index in [2.05, 4.69) is 20.8 Å². The Bertz CT molecular complexity index is 399. The van der Waals surface area contributed by atoms with Gasteiger partial charge in [0, 0.05) is 24.7 Å². The topological polar surface area (TPSA) is 86.9 Å². The number of rotatable bonds is 2. The lowest BCUT2D eigenvalue weighted by molar-refractivity contribution is -0.123. The Morgan fingerprint density at radius 2 is 2.47 bits per heavy atom. The monoisotopic (exact) mass is 208 g/mol. The molecule has 1 aliphatic heterocycles. The molecule has 0 radical (unpaired) electrons. The quantitative estimate of drug-likeness (QED) is 0.628. The predicted molar refractivity (Wildman–Crippen MR) is 53.1 cm³/mol. The first-order chi connectivity index (χ1) is 7.15. The number of anilines is 1. The van der Waals surface area contributed by atoms with E-state index in [1.165, 1.54) is 0 Å². The molecule has 3 N–H and O–H groups in total. The zero-order valence-electron chi connectivity index (χ0n) is 8.33. The highest BCUT2D eigenvalue weighted by molar-refractivity contribution is 5.96. The second-order valence-electron chi connectivity index (χ2n) is 3.63. The Balaban J connectivity index is 1.95. The van der Waals surface area contributed by atoms with Crippen LogP contribution in [0.15, 0.2) is 6.07 Å². The van der Waals surface area contributed by atoms with Crippen LogP contribution in [0, 0.1) is 12.8 Å². The fraction of sp³-hybridized carbons (Fsp3) is 0.444. The molecule has 6 heteroatoms. The van der Waals surface area contributed by atoms with E-state index in [0.717, 1.165) is 5.69 Å². The van der Waals surface area contributed by atoms with Crippen molar-refractivity contribution in [1.82, 2.24) is 15.5 Å². The molecule has 80 valence electrons. The summed E-state index contributed by atoms with van der Waals surface area (Å²) in [6.45, 7) is 2.26. The molecule has 6 nitrogen and oxygen atoms in total.